The molecular formula is C17H28O4. The van der Waals surface area contributed by atoms with Crippen LogP contribution in [0.4, 0.5) is 0 Å². The second-order valence-electron chi connectivity index (χ2n) is 8.40. The number of carbonyl (C=O) groups is 1. The lowest BCUT2D eigenvalue weighted by Crippen LogP contribution is -2.68. The summed E-state index contributed by atoms with van der Waals surface area (Å²) in [5.74, 6) is 0.0462. The van der Waals surface area contributed by atoms with Gasteiger partial charge in [0.2, 0.25) is 0 Å². The van der Waals surface area contributed by atoms with Crippen LogP contribution in [0.25, 0.3) is 0 Å². The molecule has 4 nitrogen and oxygen atoms in total. The summed E-state index contributed by atoms with van der Waals surface area (Å²) < 4.78 is 11.2. The maximum Gasteiger partial charge on any atom is 0.302 e. The maximum atomic E-state index is 11.6. The number of carbonyl (C=O) groups excluding carboxylic acids is 1. The zero-order chi connectivity index (χ0) is 15.7. The van der Waals surface area contributed by atoms with E-state index in [1.165, 1.54) is 13.3 Å². The van der Waals surface area contributed by atoms with Crippen molar-refractivity contribution in [3.63, 3.8) is 0 Å². The Morgan fingerprint density at radius 1 is 1.29 bits per heavy atom. The molecule has 1 aliphatic heterocycles. The zero-order valence-electron chi connectivity index (χ0n) is 13.9. The van der Waals surface area contributed by atoms with E-state index in [9.17, 15) is 9.90 Å². The molecule has 3 fully saturated rings. The molecule has 0 spiro atoms. The van der Waals surface area contributed by atoms with Crippen LogP contribution in [0, 0.1) is 16.7 Å². The summed E-state index contributed by atoms with van der Waals surface area (Å²) in [4.78, 5) is 11.3. The highest BCUT2D eigenvalue weighted by atomic mass is 16.6. The maximum absolute atomic E-state index is 11.6. The van der Waals surface area contributed by atoms with E-state index in [4.69, 9.17) is 9.47 Å². The molecule has 0 unspecified atom stereocenters. The minimum atomic E-state index is -1.10. The minimum Gasteiger partial charge on any atom is -0.463 e. The van der Waals surface area contributed by atoms with Gasteiger partial charge in [-0.3, -0.25) is 4.79 Å². The van der Waals surface area contributed by atoms with Gasteiger partial charge in [0.25, 0.3) is 0 Å². The van der Waals surface area contributed by atoms with E-state index in [1.54, 1.807) is 0 Å². The van der Waals surface area contributed by atoms with E-state index in [0.717, 1.165) is 19.3 Å². The van der Waals surface area contributed by atoms with Crippen molar-refractivity contribution >= 4 is 5.97 Å². The molecule has 3 aliphatic rings. The average Bonchev–Trinajstić information content (AvgIpc) is 3.03. The van der Waals surface area contributed by atoms with Gasteiger partial charge in [0.1, 0.15) is 17.8 Å². The molecule has 2 aliphatic carbocycles. The van der Waals surface area contributed by atoms with Crippen LogP contribution in [0.3, 0.4) is 0 Å². The van der Waals surface area contributed by atoms with E-state index >= 15 is 0 Å². The highest BCUT2D eigenvalue weighted by Crippen LogP contribution is 2.69. The van der Waals surface area contributed by atoms with Crippen molar-refractivity contribution in [2.75, 3.05) is 6.61 Å². The van der Waals surface area contributed by atoms with Crippen LogP contribution in [0.1, 0.15) is 60.3 Å². The highest BCUT2D eigenvalue weighted by molar-refractivity contribution is 5.66. The molecule has 1 N–H and O–H groups in total. The molecular weight excluding hydrogens is 268 g/mol. The van der Waals surface area contributed by atoms with Crippen LogP contribution < -0.4 is 0 Å². The largest absolute Gasteiger partial charge is 0.463 e. The fourth-order valence-corrected chi connectivity index (χ4v) is 5.39. The van der Waals surface area contributed by atoms with Crippen LogP contribution in [-0.2, 0) is 14.3 Å². The molecule has 0 radical (unpaired) electrons. The second-order valence-corrected chi connectivity index (χ2v) is 8.40. The van der Waals surface area contributed by atoms with Gasteiger partial charge in [-0.15, -0.1) is 0 Å². The van der Waals surface area contributed by atoms with Crippen LogP contribution in [0.5, 0.6) is 0 Å². The highest BCUT2D eigenvalue weighted by Gasteiger charge is 2.78. The van der Waals surface area contributed by atoms with Crippen LogP contribution >= 0.6 is 0 Å². The Balaban J connectivity index is 2.00. The molecule has 3 rings (SSSR count). The molecule has 0 aromatic heterocycles. The zero-order valence-corrected chi connectivity index (χ0v) is 13.9. The second kappa shape index (κ2) is 4.23. The summed E-state index contributed by atoms with van der Waals surface area (Å²) in [6.07, 6.45) is 4.34. The Morgan fingerprint density at radius 2 is 1.95 bits per heavy atom. The van der Waals surface area contributed by atoms with E-state index in [-0.39, 0.29) is 29.5 Å². The van der Waals surface area contributed by atoms with Gasteiger partial charge in [-0.05, 0) is 37.5 Å². The van der Waals surface area contributed by atoms with Gasteiger partial charge in [-0.25, -0.2) is 0 Å². The van der Waals surface area contributed by atoms with Crippen molar-refractivity contribution in [1.82, 2.24) is 0 Å². The Hall–Kier alpha value is -0.610. The molecule has 0 bridgehead atoms. The Bertz CT molecular complexity index is 473. The smallest absolute Gasteiger partial charge is 0.302 e. The fourth-order valence-electron chi connectivity index (χ4n) is 5.39. The Kier molecular flexibility index (Phi) is 3.08. The van der Waals surface area contributed by atoms with Crippen molar-refractivity contribution in [2.24, 2.45) is 16.7 Å². The number of hydrogen-bond donors (Lipinski definition) is 1. The molecule has 0 aromatic carbocycles. The van der Waals surface area contributed by atoms with Crippen LogP contribution in [0.15, 0.2) is 0 Å². The number of esters is 1. The van der Waals surface area contributed by atoms with Crippen molar-refractivity contribution in [1.29, 1.82) is 0 Å². The first-order chi connectivity index (χ1) is 9.57. The standard InChI is InChI=1S/C17H28O4/c1-11(18)20-10-17(19)15(4)8-6-7-14(2,3)12(15)9-13-16(17,5)21-13/h12-13,19H,6-10H2,1-5H3/t12-,13+,15-,16+,17-/m0/s1. The lowest BCUT2D eigenvalue weighted by Gasteiger charge is -2.60. The minimum absolute atomic E-state index is 0.0401. The number of fused-ring (bicyclic) bond motifs is 2. The predicted molar refractivity (Wildman–Crippen MR) is 78.7 cm³/mol. The molecule has 1 heterocycles. The quantitative estimate of drug-likeness (QED) is 0.628. The van der Waals surface area contributed by atoms with Crippen molar-refractivity contribution in [3.05, 3.63) is 0 Å². The lowest BCUT2D eigenvalue weighted by atomic mass is 9.45. The third-order valence-electron chi connectivity index (χ3n) is 6.87. The van der Waals surface area contributed by atoms with Crippen molar-refractivity contribution in [2.45, 2.75) is 77.6 Å². The lowest BCUT2D eigenvalue weighted by molar-refractivity contribution is -0.220. The first-order valence-electron chi connectivity index (χ1n) is 8.10. The van der Waals surface area contributed by atoms with Gasteiger partial charge in [-0.2, -0.15) is 0 Å². The molecule has 120 valence electrons. The van der Waals surface area contributed by atoms with Gasteiger partial charge in [-0.1, -0.05) is 27.2 Å². The molecule has 1 saturated heterocycles. The van der Waals surface area contributed by atoms with Crippen molar-refractivity contribution in [3.8, 4) is 0 Å². The molecule has 21 heavy (non-hydrogen) atoms. The van der Waals surface area contributed by atoms with E-state index in [1.807, 2.05) is 6.92 Å². The topological polar surface area (TPSA) is 59.1 Å². The summed E-state index contributed by atoms with van der Waals surface area (Å²) in [5.41, 5.74) is -1.76. The number of hydrogen-bond acceptors (Lipinski definition) is 4. The monoisotopic (exact) mass is 296 g/mol. The number of epoxide rings is 1. The van der Waals surface area contributed by atoms with E-state index in [2.05, 4.69) is 20.8 Å². The van der Waals surface area contributed by atoms with Gasteiger partial charge < -0.3 is 14.6 Å². The summed E-state index contributed by atoms with van der Waals surface area (Å²) in [6.45, 7) is 10.2. The van der Waals surface area contributed by atoms with Gasteiger partial charge in [0, 0.05) is 12.3 Å². The van der Waals surface area contributed by atoms with Gasteiger partial charge in [0.15, 0.2) is 0 Å². The number of rotatable bonds is 2. The molecule has 2 saturated carbocycles. The predicted octanol–water partition coefficient (Wildman–Crippen LogP) is 2.67. The number of ether oxygens (including phenoxy) is 2. The molecule has 0 aromatic rings. The first-order valence-corrected chi connectivity index (χ1v) is 8.10. The first kappa shape index (κ1) is 15.3. The Labute approximate surface area is 127 Å². The van der Waals surface area contributed by atoms with Gasteiger partial charge >= 0.3 is 5.97 Å². The normalized spacial score (nSPS) is 50.8. The number of aliphatic hydroxyl groups is 1. The van der Waals surface area contributed by atoms with E-state index < -0.39 is 11.2 Å². The summed E-state index contributed by atoms with van der Waals surface area (Å²) in [6, 6.07) is 0. The summed E-state index contributed by atoms with van der Waals surface area (Å²) in [5, 5.41) is 11.6. The third-order valence-corrected chi connectivity index (χ3v) is 6.87. The molecule has 5 atom stereocenters. The SMILES string of the molecule is CC(=O)OC[C@]1(O)[C@@]2(C)CCCC(C)(C)[C@@H]2C[C@H]2O[C@]21C. The Morgan fingerprint density at radius 3 is 2.57 bits per heavy atom. The van der Waals surface area contributed by atoms with Gasteiger partial charge in [0.05, 0.1) is 6.10 Å². The fraction of sp³-hybridized carbons (Fsp3) is 0.941. The third kappa shape index (κ3) is 1.84. The molecule has 0 amide bonds. The van der Waals surface area contributed by atoms with Crippen LogP contribution in [0.2, 0.25) is 0 Å². The molecule has 4 heteroatoms. The average molecular weight is 296 g/mol. The van der Waals surface area contributed by atoms with Crippen LogP contribution in [-0.4, -0.2) is 35.0 Å². The van der Waals surface area contributed by atoms with Crippen molar-refractivity contribution < 1.29 is 19.4 Å². The van der Waals surface area contributed by atoms with E-state index in [0.29, 0.717) is 5.92 Å². The summed E-state index contributed by atoms with van der Waals surface area (Å²) in [7, 11) is 0. The summed E-state index contributed by atoms with van der Waals surface area (Å²) >= 11 is 0.